The highest BCUT2D eigenvalue weighted by Gasteiger charge is 2.25. The van der Waals surface area contributed by atoms with Gasteiger partial charge in [-0.25, -0.2) is 4.79 Å². The summed E-state index contributed by atoms with van der Waals surface area (Å²) < 4.78 is 9.66. The molecular formula is C11H16N2O5. The van der Waals surface area contributed by atoms with Gasteiger partial charge < -0.3 is 19.7 Å². The van der Waals surface area contributed by atoms with E-state index in [1.807, 2.05) is 0 Å². The summed E-state index contributed by atoms with van der Waals surface area (Å²) in [5, 5.41) is 14.9. The lowest BCUT2D eigenvalue weighted by molar-refractivity contribution is -0.140. The van der Waals surface area contributed by atoms with Gasteiger partial charge in [-0.3, -0.25) is 4.79 Å². The van der Waals surface area contributed by atoms with Crippen molar-refractivity contribution < 1.29 is 24.0 Å². The number of carboxylic acids is 1. The number of ether oxygens (including phenoxy) is 1. The molecule has 1 aromatic rings. The first-order chi connectivity index (χ1) is 8.45. The molecule has 18 heavy (non-hydrogen) atoms. The van der Waals surface area contributed by atoms with E-state index in [0.717, 1.165) is 0 Å². The van der Waals surface area contributed by atoms with Crippen LogP contribution in [-0.4, -0.2) is 35.3 Å². The average Bonchev–Trinajstić information content (AvgIpc) is 2.73. The van der Waals surface area contributed by atoms with Crippen molar-refractivity contribution in [3.63, 3.8) is 0 Å². The largest absolute Gasteiger partial charge is 0.480 e. The highest BCUT2D eigenvalue weighted by Crippen LogP contribution is 2.07. The van der Waals surface area contributed by atoms with Crippen molar-refractivity contribution >= 4 is 11.9 Å². The summed E-state index contributed by atoms with van der Waals surface area (Å²) in [6, 6.07) is 0.456. The number of amides is 1. The minimum atomic E-state index is -1.08. The van der Waals surface area contributed by atoms with Gasteiger partial charge in [0.25, 0.3) is 5.91 Å². The van der Waals surface area contributed by atoms with Gasteiger partial charge in [0.05, 0.1) is 0 Å². The molecule has 0 saturated carbocycles. The Balaban J connectivity index is 2.71. The van der Waals surface area contributed by atoms with Crippen molar-refractivity contribution in [2.75, 3.05) is 7.11 Å². The van der Waals surface area contributed by atoms with Gasteiger partial charge in [-0.15, -0.1) is 0 Å². The highest BCUT2D eigenvalue weighted by atomic mass is 16.5. The smallest absolute Gasteiger partial charge is 0.326 e. The normalized spacial score (nSPS) is 12.4. The number of aromatic nitrogens is 1. The van der Waals surface area contributed by atoms with Gasteiger partial charge in [-0.2, -0.15) is 0 Å². The molecule has 1 aromatic heterocycles. The van der Waals surface area contributed by atoms with Gasteiger partial charge in [-0.1, -0.05) is 19.0 Å². The maximum atomic E-state index is 11.7. The summed E-state index contributed by atoms with van der Waals surface area (Å²) in [4.78, 5) is 22.7. The van der Waals surface area contributed by atoms with E-state index >= 15 is 0 Å². The first-order valence-electron chi connectivity index (χ1n) is 5.44. The minimum absolute atomic E-state index is 0.0361. The number of carbonyl (C=O) groups is 2. The van der Waals surface area contributed by atoms with Crippen LogP contribution in [0.25, 0.3) is 0 Å². The van der Waals surface area contributed by atoms with E-state index in [1.165, 1.54) is 13.2 Å². The summed E-state index contributed by atoms with van der Waals surface area (Å²) in [7, 11) is 1.49. The lowest BCUT2D eigenvalue weighted by Gasteiger charge is -2.16. The van der Waals surface area contributed by atoms with Crippen LogP contribution in [0.1, 0.15) is 30.1 Å². The summed E-state index contributed by atoms with van der Waals surface area (Å²) in [6.07, 6.45) is 0. The van der Waals surface area contributed by atoms with Gasteiger partial charge in [0.15, 0.2) is 11.5 Å². The van der Waals surface area contributed by atoms with Crippen molar-refractivity contribution in [3.8, 4) is 0 Å². The van der Waals surface area contributed by atoms with Gasteiger partial charge in [0.1, 0.15) is 12.6 Å². The highest BCUT2D eigenvalue weighted by molar-refractivity contribution is 5.94. The van der Waals surface area contributed by atoms with Crippen LogP contribution in [0.5, 0.6) is 0 Å². The van der Waals surface area contributed by atoms with Gasteiger partial charge in [0.2, 0.25) is 0 Å². The topological polar surface area (TPSA) is 102 Å². The molecule has 0 aliphatic heterocycles. The fraction of sp³-hybridized carbons (Fsp3) is 0.545. The molecule has 0 bridgehead atoms. The van der Waals surface area contributed by atoms with Gasteiger partial charge in [-0.05, 0) is 5.92 Å². The molecule has 7 heteroatoms. The van der Waals surface area contributed by atoms with E-state index in [0.29, 0.717) is 5.76 Å². The second-order valence-corrected chi connectivity index (χ2v) is 4.14. The number of hydrogen-bond acceptors (Lipinski definition) is 5. The molecule has 2 N–H and O–H groups in total. The molecule has 7 nitrogen and oxygen atoms in total. The predicted octanol–water partition coefficient (Wildman–Crippen LogP) is 0.660. The van der Waals surface area contributed by atoms with Crippen molar-refractivity contribution in [1.29, 1.82) is 0 Å². The third-order valence-corrected chi connectivity index (χ3v) is 2.30. The Morgan fingerprint density at radius 3 is 2.72 bits per heavy atom. The molecule has 0 aliphatic rings. The maximum Gasteiger partial charge on any atom is 0.326 e. The van der Waals surface area contributed by atoms with Crippen LogP contribution in [0, 0.1) is 5.92 Å². The standard InChI is InChI=1S/C11H16N2O5/c1-6(2)9(11(15)16)12-10(14)8-4-7(5-17-3)18-13-8/h4,6,9H,5H2,1-3H3,(H,12,14)(H,15,16)/t9-/m0/s1. The van der Waals surface area contributed by atoms with E-state index in [9.17, 15) is 9.59 Å². The van der Waals surface area contributed by atoms with Crippen LogP contribution in [-0.2, 0) is 16.1 Å². The lowest BCUT2D eigenvalue weighted by atomic mass is 10.0. The van der Waals surface area contributed by atoms with E-state index in [1.54, 1.807) is 13.8 Å². The quantitative estimate of drug-likeness (QED) is 0.775. The molecule has 100 valence electrons. The molecule has 1 atom stereocenters. The van der Waals surface area contributed by atoms with Crippen molar-refractivity contribution in [3.05, 3.63) is 17.5 Å². The molecule has 0 saturated heterocycles. The zero-order valence-corrected chi connectivity index (χ0v) is 10.5. The Bertz CT molecular complexity index is 427. The molecule has 1 rings (SSSR count). The van der Waals surface area contributed by atoms with Crippen molar-refractivity contribution in [2.45, 2.75) is 26.5 Å². The summed E-state index contributed by atoms with van der Waals surface area (Å²) in [5.41, 5.74) is 0.0361. The molecule has 0 aliphatic carbocycles. The monoisotopic (exact) mass is 256 g/mol. The summed E-state index contributed by atoms with van der Waals surface area (Å²) in [5.74, 6) is -1.49. The van der Waals surface area contributed by atoms with Crippen LogP contribution < -0.4 is 5.32 Å². The Morgan fingerprint density at radius 1 is 1.56 bits per heavy atom. The maximum absolute atomic E-state index is 11.7. The summed E-state index contributed by atoms with van der Waals surface area (Å²) in [6.45, 7) is 3.61. The first kappa shape index (κ1) is 14.2. The molecule has 0 spiro atoms. The van der Waals surface area contributed by atoms with Crippen molar-refractivity contribution in [2.24, 2.45) is 5.92 Å². The fourth-order valence-corrected chi connectivity index (χ4v) is 1.36. The van der Waals surface area contributed by atoms with Crippen LogP contribution in [0.15, 0.2) is 10.6 Å². The molecule has 1 amide bonds. The molecule has 1 heterocycles. The number of carboxylic acid groups (broad SMARTS) is 1. The minimum Gasteiger partial charge on any atom is -0.480 e. The average molecular weight is 256 g/mol. The van der Waals surface area contributed by atoms with Crippen LogP contribution in [0.2, 0.25) is 0 Å². The summed E-state index contributed by atoms with van der Waals surface area (Å²) >= 11 is 0. The van der Waals surface area contributed by atoms with Crippen molar-refractivity contribution in [1.82, 2.24) is 10.5 Å². The first-order valence-corrected chi connectivity index (χ1v) is 5.44. The van der Waals surface area contributed by atoms with E-state index in [2.05, 4.69) is 10.5 Å². The van der Waals surface area contributed by atoms with Crippen LogP contribution in [0.3, 0.4) is 0 Å². The third kappa shape index (κ3) is 3.56. The number of nitrogens with zero attached hydrogens (tertiary/aromatic N) is 1. The number of methoxy groups -OCH3 is 1. The molecular weight excluding hydrogens is 240 g/mol. The zero-order valence-electron chi connectivity index (χ0n) is 10.5. The van der Waals surface area contributed by atoms with Crippen LogP contribution in [0.4, 0.5) is 0 Å². The molecule has 0 fully saturated rings. The predicted molar refractivity (Wildman–Crippen MR) is 60.9 cm³/mol. The Kier molecular flexibility index (Phi) is 4.85. The number of nitrogens with one attached hydrogen (secondary N) is 1. The molecule has 0 unspecified atom stereocenters. The second kappa shape index (κ2) is 6.15. The Morgan fingerprint density at radius 2 is 2.22 bits per heavy atom. The van der Waals surface area contributed by atoms with Crippen LogP contribution >= 0.6 is 0 Å². The van der Waals surface area contributed by atoms with E-state index < -0.39 is 17.9 Å². The molecule has 0 aromatic carbocycles. The Hall–Kier alpha value is -1.89. The number of rotatable bonds is 6. The zero-order chi connectivity index (χ0) is 13.7. The third-order valence-electron chi connectivity index (χ3n) is 2.30. The van der Waals surface area contributed by atoms with E-state index in [4.69, 9.17) is 14.4 Å². The number of carbonyl (C=O) groups excluding carboxylic acids is 1. The van der Waals surface area contributed by atoms with Gasteiger partial charge >= 0.3 is 5.97 Å². The van der Waals surface area contributed by atoms with Gasteiger partial charge in [0, 0.05) is 13.2 Å². The fourth-order valence-electron chi connectivity index (χ4n) is 1.36. The molecule has 0 radical (unpaired) electrons. The SMILES string of the molecule is COCc1cc(C(=O)N[C@H](C(=O)O)C(C)C)no1. The number of hydrogen-bond donors (Lipinski definition) is 2. The number of aliphatic carboxylic acids is 1. The second-order valence-electron chi connectivity index (χ2n) is 4.14. The Labute approximate surface area is 104 Å². The lowest BCUT2D eigenvalue weighted by Crippen LogP contribution is -2.44. The van der Waals surface area contributed by atoms with E-state index in [-0.39, 0.29) is 18.2 Å².